The molecule has 1 aliphatic carbocycles. The molecule has 0 atom stereocenters. The molecule has 4 heteroatoms. The molecule has 1 aliphatic rings. The molecule has 1 saturated carbocycles. The summed E-state index contributed by atoms with van der Waals surface area (Å²) in [5.74, 6) is 0.822. The highest BCUT2D eigenvalue weighted by atomic mass is 35.5. The van der Waals surface area contributed by atoms with Gasteiger partial charge in [-0.2, -0.15) is 0 Å². The van der Waals surface area contributed by atoms with Gasteiger partial charge in [-0.25, -0.2) is 9.37 Å². The van der Waals surface area contributed by atoms with Crippen LogP contribution in [0.15, 0.2) is 36.5 Å². The highest BCUT2D eigenvalue weighted by Crippen LogP contribution is 2.35. The van der Waals surface area contributed by atoms with Crippen molar-refractivity contribution in [2.75, 3.05) is 6.61 Å². The van der Waals surface area contributed by atoms with E-state index in [2.05, 4.69) is 4.98 Å². The fourth-order valence-corrected chi connectivity index (χ4v) is 2.51. The van der Waals surface area contributed by atoms with Crippen LogP contribution in [0.3, 0.4) is 0 Å². The van der Waals surface area contributed by atoms with Crippen molar-refractivity contribution in [3.8, 4) is 17.0 Å². The van der Waals surface area contributed by atoms with Gasteiger partial charge in [0, 0.05) is 11.8 Å². The van der Waals surface area contributed by atoms with Crippen LogP contribution < -0.4 is 4.74 Å². The maximum atomic E-state index is 13.0. The normalized spacial score (nSPS) is 14.9. The predicted molar refractivity (Wildman–Crippen MR) is 77.5 cm³/mol. The van der Waals surface area contributed by atoms with Crippen molar-refractivity contribution in [2.45, 2.75) is 19.3 Å². The SMILES string of the molecule is Fc1ccc(-c2ccnc(OCC3CCC3)c2Cl)cc1. The Morgan fingerprint density at radius 1 is 1.20 bits per heavy atom. The molecule has 1 heterocycles. The van der Waals surface area contributed by atoms with Crippen molar-refractivity contribution >= 4 is 11.6 Å². The second-order valence-electron chi connectivity index (χ2n) is 5.09. The molecule has 1 aromatic heterocycles. The molecule has 0 saturated heterocycles. The Kier molecular flexibility index (Phi) is 3.88. The van der Waals surface area contributed by atoms with Gasteiger partial charge in [-0.05, 0) is 42.5 Å². The first-order chi connectivity index (χ1) is 9.74. The minimum atomic E-state index is -0.264. The molecule has 0 amide bonds. The Hall–Kier alpha value is -1.61. The molecule has 0 spiro atoms. The van der Waals surface area contributed by atoms with E-state index in [0.29, 0.717) is 23.4 Å². The molecule has 1 fully saturated rings. The molecular weight excluding hydrogens is 277 g/mol. The number of halogens is 2. The average molecular weight is 292 g/mol. The fourth-order valence-electron chi connectivity index (χ4n) is 2.23. The van der Waals surface area contributed by atoms with Gasteiger partial charge >= 0.3 is 0 Å². The summed E-state index contributed by atoms with van der Waals surface area (Å²) in [5, 5.41) is 0.485. The summed E-state index contributed by atoms with van der Waals surface area (Å²) in [7, 11) is 0. The highest BCUT2D eigenvalue weighted by molar-refractivity contribution is 6.34. The zero-order chi connectivity index (χ0) is 13.9. The van der Waals surface area contributed by atoms with E-state index in [1.165, 1.54) is 31.4 Å². The van der Waals surface area contributed by atoms with Gasteiger partial charge in [-0.1, -0.05) is 30.2 Å². The molecule has 2 nitrogen and oxygen atoms in total. The van der Waals surface area contributed by atoms with Crippen LogP contribution in [-0.2, 0) is 0 Å². The average Bonchev–Trinajstić information content (AvgIpc) is 2.40. The summed E-state index contributed by atoms with van der Waals surface area (Å²) in [4.78, 5) is 4.18. The molecule has 0 unspecified atom stereocenters. The Bertz CT molecular complexity index is 596. The van der Waals surface area contributed by atoms with Crippen molar-refractivity contribution in [1.82, 2.24) is 4.98 Å². The van der Waals surface area contributed by atoms with Crippen molar-refractivity contribution in [1.29, 1.82) is 0 Å². The van der Waals surface area contributed by atoms with Gasteiger partial charge in [0.25, 0.3) is 0 Å². The smallest absolute Gasteiger partial charge is 0.233 e. The monoisotopic (exact) mass is 291 g/mol. The lowest BCUT2D eigenvalue weighted by Crippen LogP contribution is -2.19. The summed E-state index contributed by atoms with van der Waals surface area (Å²) in [6.07, 6.45) is 5.38. The lowest BCUT2D eigenvalue weighted by atomic mass is 9.86. The lowest BCUT2D eigenvalue weighted by molar-refractivity contribution is 0.176. The third-order valence-electron chi connectivity index (χ3n) is 3.69. The van der Waals surface area contributed by atoms with Gasteiger partial charge < -0.3 is 4.74 Å². The van der Waals surface area contributed by atoms with E-state index < -0.39 is 0 Å². The van der Waals surface area contributed by atoms with E-state index in [1.54, 1.807) is 18.3 Å². The number of nitrogens with zero attached hydrogens (tertiary/aromatic N) is 1. The van der Waals surface area contributed by atoms with Crippen LogP contribution in [0.1, 0.15) is 19.3 Å². The molecule has 2 aromatic rings. The van der Waals surface area contributed by atoms with Crippen molar-refractivity contribution < 1.29 is 9.13 Å². The van der Waals surface area contributed by atoms with Crippen LogP contribution in [0.2, 0.25) is 5.02 Å². The number of benzene rings is 1. The Morgan fingerprint density at radius 2 is 1.95 bits per heavy atom. The van der Waals surface area contributed by atoms with E-state index in [1.807, 2.05) is 6.07 Å². The second kappa shape index (κ2) is 5.80. The maximum Gasteiger partial charge on any atom is 0.233 e. The molecule has 0 radical (unpaired) electrons. The number of hydrogen-bond acceptors (Lipinski definition) is 2. The first-order valence-electron chi connectivity index (χ1n) is 6.77. The third kappa shape index (κ3) is 2.78. The summed E-state index contributed by atoms with van der Waals surface area (Å²) < 4.78 is 18.7. The Balaban J connectivity index is 1.82. The van der Waals surface area contributed by atoms with Gasteiger partial charge in [-0.3, -0.25) is 0 Å². The number of pyridine rings is 1. The van der Waals surface area contributed by atoms with Gasteiger partial charge in [-0.15, -0.1) is 0 Å². The molecule has 0 bridgehead atoms. The van der Waals surface area contributed by atoms with Crippen LogP contribution >= 0.6 is 11.6 Å². The molecule has 104 valence electrons. The number of aromatic nitrogens is 1. The van der Waals surface area contributed by atoms with E-state index >= 15 is 0 Å². The van der Waals surface area contributed by atoms with Crippen LogP contribution in [-0.4, -0.2) is 11.6 Å². The number of ether oxygens (including phenoxy) is 1. The first-order valence-corrected chi connectivity index (χ1v) is 7.15. The topological polar surface area (TPSA) is 22.1 Å². The molecule has 1 aromatic carbocycles. The standard InChI is InChI=1S/C16H15ClFNO/c17-15-14(12-4-6-13(18)7-5-12)8-9-19-16(15)20-10-11-2-1-3-11/h4-9,11H,1-3,10H2. The van der Waals surface area contributed by atoms with Gasteiger partial charge in [0.05, 0.1) is 6.61 Å². The predicted octanol–water partition coefficient (Wildman–Crippen LogP) is 4.72. The van der Waals surface area contributed by atoms with Crippen molar-refractivity contribution in [3.63, 3.8) is 0 Å². The molecule has 0 aliphatic heterocycles. The summed E-state index contributed by atoms with van der Waals surface area (Å²) in [6.45, 7) is 0.666. The maximum absolute atomic E-state index is 13.0. The van der Waals surface area contributed by atoms with Crippen molar-refractivity contribution in [3.05, 3.63) is 47.4 Å². The van der Waals surface area contributed by atoms with Gasteiger partial charge in [0.15, 0.2) is 0 Å². The third-order valence-corrected chi connectivity index (χ3v) is 4.06. The zero-order valence-electron chi connectivity index (χ0n) is 11.0. The minimum absolute atomic E-state index is 0.264. The number of hydrogen-bond donors (Lipinski definition) is 0. The zero-order valence-corrected chi connectivity index (χ0v) is 11.7. The van der Waals surface area contributed by atoms with Crippen LogP contribution in [0.4, 0.5) is 4.39 Å². The van der Waals surface area contributed by atoms with Crippen LogP contribution in [0, 0.1) is 11.7 Å². The summed E-state index contributed by atoms with van der Waals surface area (Å²) in [6, 6.07) is 8.05. The quantitative estimate of drug-likeness (QED) is 0.813. The molecule has 0 N–H and O–H groups in total. The van der Waals surface area contributed by atoms with E-state index in [0.717, 1.165) is 11.1 Å². The minimum Gasteiger partial charge on any atom is -0.476 e. The molecule has 20 heavy (non-hydrogen) atoms. The Morgan fingerprint density at radius 3 is 2.60 bits per heavy atom. The fraction of sp³-hybridized carbons (Fsp3) is 0.312. The first kappa shape index (κ1) is 13.4. The lowest BCUT2D eigenvalue weighted by Gasteiger charge is -2.25. The van der Waals surface area contributed by atoms with Gasteiger partial charge in [0.1, 0.15) is 10.8 Å². The largest absolute Gasteiger partial charge is 0.476 e. The van der Waals surface area contributed by atoms with Gasteiger partial charge in [0.2, 0.25) is 5.88 Å². The highest BCUT2D eigenvalue weighted by Gasteiger charge is 2.19. The van der Waals surface area contributed by atoms with E-state index in [9.17, 15) is 4.39 Å². The number of rotatable bonds is 4. The summed E-state index contributed by atoms with van der Waals surface area (Å²) >= 11 is 6.35. The van der Waals surface area contributed by atoms with E-state index in [-0.39, 0.29) is 5.82 Å². The van der Waals surface area contributed by atoms with Crippen LogP contribution in [0.5, 0.6) is 5.88 Å². The summed E-state index contributed by atoms with van der Waals surface area (Å²) in [5.41, 5.74) is 1.66. The second-order valence-corrected chi connectivity index (χ2v) is 5.47. The molecule has 3 rings (SSSR count). The molecular formula is C16H15ClFNO. The van der Waals surface area contributed by atoms with Crippen LogP contribution in [0.25, 0.3) is 11.1 Å². The van der Waals surface area contributed by atoms with E-state index in [4.69, 9.17) is 16.3 Å². The Labute approximate surface area is 122 Å². The van der Waals surface area contributed by atoms with Crippen molar-refractivity contribution in [2.24, 2.45) is 5.92 Å².